The summed E-state index contributed by atoms with van der Waals surface area (Å²) in [4.78, 5) is 37.4. The molecule has 41 heavy (non-hydrogen) atoms. The third-order valence-corrected chi connectivity index (χ3v) is 5.30. The highest BCUT2D eigenvalue weighted by Gasteiger charge is 2.39. The Morgan fingerprint density at radius 1 is 1.00 bits per heavy atom. The molecule has 0 fully saturated rings. The molecule has 0 bridgehead atoms. The second kappa shape index (κ2) is 14.4. The highest BCUT2D eigenvalue weighted by molar-refractivity contribution is 5.81. The van der Waals surface area contributed by atoms with E-state index in [-0.39, 0.29) is 11.9 Å². The zero-order valence-electron chi connectivity index (χ0n) is 21.3. The molecule has 0 saturated heterocycles. The Bertz CT molecular complexity index is 1310. The number of nitrogens with zero attached hydrogens (tertiary/aromatic N) is 4. The second-order valence-electron chi connectivity index (χ2n) is 8.34. The van der Waals surface area contributed by atoms with Gasteiger partial charge in [0.05, 0.1) is 23.5 Å². The van der Waals surface area contributed by atoms with Gasteiger partial charge in [0.15, 0.2) is 0 Å². The van der Waals surface area contributed by atoms with Crippen LogP contribution in [0, 0.1) is 0 Å². The molecule has 3 heterocycles. The van der Waals surface area contributed by atoms with Gasteiger partial charge in [-0.3, -0.25) is 19.4 Å². The van der Waals surface area contributed by atoms with Crippen LogP contribution in [0.15, 0.2) is 48.7 Å². The number of para-hydroxylation sites is 1. The van der Waals surface area contributed by atoms with Crippen molar-refractivity contribution in [2.45, 2.75) is 31.5 Å². The molecule has 0 spiro atoms. The van der Waals surface area contributed by atoms with Gasteiger partial charge in [-0.2, -0.15) is 31.4 Å². The number of carboxylic acids is 2. The standard InChI is InChI=1S/C20H23N5O2.2C2HF3O2/c1-27-11-10-21-20(26)19-14-24(13-17-8-9-22-25(17)19)12-16-7-6-15-4-2-3-5-18(15)23-16;2*3-2(4,5)1(6)7/h2-9,19H,10-14H2,1H3,(H,21,26);2*(H,6,7). The van der Waals surface area contributed by atoms with Gasteiger partial charge in [0, 0.05) is 44.9 Å². The van der Waals surface area contributed by atoms with Crippen LogP contribution >= 0.6 is 0 Å². The maximum absolute atomic E-state index is 12.6. The normalized spacial score (nSPS) is 15.0. The number of nitrogens with one attached hydrogen (secondary N) is 1. The fourth-order valence-electron chi connectivity index (χ4n) is 3.50. The first-order valence-corrected chi connectivity index (χ1v) is 11.6. The van der Waals surface area contributed by atoms with E-state index in [0.29, 0.717) is 26.2 Å². The van der Waals surface area contributed by atoms with Gasteiger partial charge < -0.3 is 20.3 Å². The summed E-state index contributed by atoms with van der Waals surface area (Å²) in [5, 5.41) is 22.7. The Labute approximate surface area is 228 Å². The summed E-state index contributed by atoms with van der Waals surface area (Å²) in [5.41, 5.74) is 3.03. The van der Waals surface area contributed by atoms with Crippen molar-refractivity contribution in [2.24, 2.45) is 0 Å². The topological polar surface area (TPSA) is 147 Å². The zero-order valence-corrected chi connectivity index (χ0v) is 21.3. The molecule has 2 aromatic heterocycles. The van der Waals surface area contributed by atoms with Crippen LogP contribution in [0.4, 0.5) is 26.3 Å². The summed E-state index contributed by atoms with van der Waals surface area (Å²) >= 11 is 0. The molecule has 0 aliphatic carbocycles. The molecule has 1 aliphatic heterocycles. The number of aromatic nitrogens is 3. The lowest BCUT2D eigenvalue weighted by Crippen LogP contribution is -2.45. The van der Waals surface area contributed by atoms with E-state index < -0.39 is 24.3 Å². The van der Waals surface area contributed by atoms with E-state index in [1.54, 1.807) is 13.3 Å². The van der Waals surface area contributed by atoms with Gasteiger partial charge in [-0.15, -0.1) is 0 Å². The lowest BCUT2D eigenvalue weighted by atomic mass is 10.1. The number of benzene rings is 1. The summed E-state index contributed by atoms with van der Waals surface area (Å²) in [6.45, 7) is 3.03. The van der Waals surface area contributed by atoms with Gasteiger partial charge in [-0.1, -0.05) is 24.3 Å². The van der Waals surface area contributed by atoms with Crippen molar-refractivity contribution < 1.29 is 55.7 Å². The van der Waals surface area contributed by atoms with Gasteiger partial charge in [-0.25, -0.2) is 9.59 Å². The number of carboxylic acid groups (broad SMARTS) is 2. The number of alkyl halides is 6. The molecule has 1 unspecified atom stereocenters. The number of carbonyl (C=O) groups is 3. The van der Waals surface area contributed by atoms with Crippen molar-refractivity contribution >= 4 is 28.7 Å². The molecule has 1 aromatic carbocycles. The summed E-state index contributed by atoms with van der Waals surface area (Å²) in [6.07, 6.45) is -8.41. The number of ether oxygens (including phenoxy) is 1. The molecule has 3 aromatic rings. The predicted octanol–water partition coefficient (Wildman–Crippen LogP) is 3.02. The first-order chi connectivity index (χ1) is 19.1. The summed E-state index contributed by atoms with van der Waals surface area (Å²) < 4.78 is 70.3. The van der Waals surface area contributed by atoms with Gasteiger partial charge in [0.1, 0.15) is 6.04 Å². The molecular weight excluding hydrogens is 568 g/mol. The highest BCUT2D eigenvalue weighted by Crippen LogP contribution is 2.23. The number of carbonyl (C=O) groups excluding carboxylic acids is 1. The van der Waals surface area contributed by atoms with Crippen LogP contribution in [0.25, 0.3) is 10.9 Å². The molecule has 1 amide bonds. The average Bonchev–Trinajstić information content (AvgIpc) is 3.36. The Morgan fingerprint density at radius 2 is 1.61 bits per heavy atom. The largest absolute Gasteiger partial charge is 0.490 e. The molecule has 3 N–H and O–H groups in total. The lowest BCUT2D eigenvalue weighted by molar-refractivity contribution is -0.193. The zero-order chi connectivity index (χ0) is 30.8. The number of hydrogen-bond donors (Lipinski definition) is 3. The highest BCUT2D eigenvalue weighted by atomic mass is 19.4. The van der Waals surface area contributed by atoms with E-state index in [1.807, 2.05) is 28.9 Å². The van der Waals surface area contributed by atoms with Crippen molar-refractivity contribution in [3.8, 4) is 0 Å². The van der Waals surface area contributed by atoms with Crippen molar-refractivity contribution in [1.29, 1.82) is 0 Å². The molecule has 224 valence electrons. The van der Waals surface area contributed by atoms with Crippen LogP contribution in [0.1, 0.15) is 17.4 Å². The molecule has 11 nitrogen and oxygen atoms in total. The fraction of sp³-hybridized carbons (Fsp3) is 0.375. The van der Waals surface area contributed by atoms with E-state index >= 15 is 0 Å². The number of hydrogen-bond acceptors (Lipinski definition) is 7. The van der Waals surface area contributed by atoms with E-state index in [1.165, 1.54) is 0 Å². The van der Waals surface area contributed by atoms with Crippen molar-refractivity contribution in [3.05, 3.63) is 60.0 Å². The van der Waals surface area contributed by atoms with Gasteiger partial charge in [-0.05, 0) is 18.2 Å². The minimum absolute atomic E-state index is 0.0341. The smallest absolute Gasteiger partial charge is 0.475 e. The molecule has 1 atom stereocenters. The minimum Gasteiger partial charge on any atom is -0.475 e. The summed E-state index contributed by atoms with van der Waals surface area (Å²) in [6, 6.07) is 13.9. The quantitative estimate of drug-likeness (QED) is 0.290. The Balaban J connectivity index is 0.000000349. The van der Waals surface area contributed by atoms with Crippen LogP contribution in [-0.4, -0.2) is 86.9 Å². The van der Waals surface area contributed by atoms with Crippen molar-refractivity contribution in [3.63, 3.8) is 0 Å². The predicted molar refractivity (Wildman–Crippen MR) is 129 cm³/mol. The van der Waals surface area contributed by atoms with Gasteiger partial charge in [0.25, 0.3) is 0 Å². The maximum atomic E-state index is 12.6. The summed E-state index contributed by atoms with van der Waals surface area (Å²) in [7, 11) is 1.62. The molecule has 4 rings (SSSR count). The van der Waals surface area contributed by atoms with E-state index in [2.05, 4.69) is 33.5 Å². The monoisotopic (exact) mass is 593 g/mol. The third kappa shape index (κ3) is 10.3. The van der Waals surface area contributed by atoms with Crippen LogP contribution in [0.3, 0.4) is 0 Å². The number of amides is 1. The SMILES string of the molecule is COCCNC(=O)C1CN(Cc2ccc3ccccc3n2)Cc2ccnn21.O=C(O)C(F)(F)F.O=C(O)C(F)(F)F. The average molecular weight is 593 g/mol. The minimum atomic E-state index is -5.08. The van der Waals surface area contributed by atoms with Crippen LogP contribution in [0.2, 0.25) is 0 Å². The number of fused-ring (bicyclic) bond motifs is 2. The van der Waals surface area contributed by atoms with Crippen LogP contribution < -0.4 is 5.32 Å². The van der Waals surface area contributed by atoms with Gasteiger partial charge >= 0.3 is 24.3 Å². The Kier molecular flexibility index (Phi) is 11.6. The second-order valence-corrected chi connectivity index (χ2v) is 8.34. The van der Waals surface area contributed by atoms with Crippen LogP contribution in [0.5, 0.6) is 0 Å². The number of halogens is 6. The van der Waals surface area contributed by atoms with E-state index in [4.69, 9.17) is 29.5 Å². The lowest BCUT2D eigenvalue weighted by Gasteiger charge is -2.33. The molecule has 17 heteroatoms. The van der Waals surface area contributed by atoms with Gasteiger partial charge in [0.2, 0.25) is 5.91 Å². The number of methoxy groups -OCH3 is 1. The third-order valence-electron chi connectivity index (χ3n) is 5.30. The van der Waals surface area contributed by atoms with Crippen LogP contribution in [-0.2, 0) is 32.2 Å². The number of rotatable bonds is 6. The maximum Gasteiger partial charge on any atom is 0.490 e. The first kappa shape index (κ1) is 33.0. The fourth-order valence-corrected chi connectivity index (χ4v) is 3.50. The molecule has 1 aliphatic rings. The molecular formula is C24H25F6N5O6. The molecule has 0 radical (unpaired) electrons. The first-order valence-electron chi connectivity index (χ1n) is 11.6. The van der Waals surface area contributed by atoms with Crippen molar-refractivity contribution in [2.75, 3.05) is 26.8 Å². The van der Waals surface area contributed by atoms with E-state index in [0.717, 1.165) is 28.8 Å². The Morgan fingerprint density at radius 3 is 2.20 bits per heavy atom. The van der Waals surface area contributed by atoms with Crippen molar-refractivity contribution in [1.82, 2.24) is 25.0 Å². The number of aliphatic carboxylic acids is 2. The Hall–Kier alpha value is -4.25. The number of pyridine rings is 1. The summed E-state index contributed by atoms with van der Waals surface area (Å²) in [5.74, 6) is -5.55. The molecule has 0 saturated carbocycles. The van der Waals surface area contributed by atoms with E-state index in [9.17, 15) is 31.1 Å².